The first-order valence-electron chi connectivity index (χ1n) is 9.95. The summed E-state index contributed by atoms with van der Waals surface area (Å²) in [5.74, 6) is -10.1. The van der Waals surface area contributed by atoms with Crippen molar-refractivity contribution in [3.8, 4) is 0 Å². The topological polar surface area (TPSA) is 35.6 Å². The molecule has 0 saturated carbocycles. The zero-order valence-corrected chi connectivity index (χ0v) is 17.8. The van der Waals surface area contributed by atoms with Gasteiger partial charge in [-0.1, -0.05) is 29.8 Å². The van der Waals surface area contributed by atoms with Crippen LogP contribution in [0.4, 0.5) is 39.0 Å². The molecule has 0 aliphatic carbocycles. The molecule has 1 N–H and O–H groups in total. The number of halogens is 6. The Bertz CT molecular complexity index is 1170. The van der Waals surface area contributed by atoms with E-state index >= 15 is 0 Å². The lowest BCUT2D eigenvalue weighted by Gasteiger charge is -2.38. The van der Waals surface area contributed by atoms with Crippen molar-refractivity contribution in [3.63, 3.8) is 0 Å². The normalized spacial score (nSPS) is 13.9. The van der Waals surface area contributed by atoms with E-state index in [9.17, 15) is 26.7 Å². The molecule has 0 radical (unpaired) electrons. The SMILES string of the molecule is O=C(Nc1ccc(N2CCN(c3c(F)c(F)c(F)c(F)c3F)CC2)c(Cl)c1)c1ccccc1. The molecule has 172 valence electrons. The molecule has 0 spiro atoms. The average Bonchev–Trinajstić information content (AvgIpc) is 2.83. The molecular weight excluding hydrogens is 465 g/mol. The highest BCUT2D eigenvalue weighted by molar-refractivity contribution is 6.33. The number of hydrogen-bond acceptors (Lipinski definition) is 3. The molecule has 1 saturated heterocycles. The van der Waals surface area contributed by atoms with Crippen LogP contribution < -0.4 is 15.1 Å². The van der Waals surface area contributed by atoms with Gasteiger partial charge in [0, 0.05) is 37.4 Å². The maximum atomic E-state index is 14.1. The number of nitrogens with zero attached hydrogens (tertiary/aromatic N) is 2. The van der Waals surface area contributed by atoms with Crippen molar-refractivity contribution in [2.45, 2.75) is 0 Å². The lowest BCUT2D eigenvalue weighted by atomic mass is 10.1. The quantitative estimate of drug-likeness (QED) is 0.299. The fourth-order valence-electron chi connectivity index (χ4n) is 3.68. The highest BCUT2D eigenvalue weighted by Crippen LogP contribution is 2.33. The number of nitrogens with one attached hydrogen (secondary N) is 1. The van der Waals surface area contributed by atoms with Crippen molar-refractivity contribution in [1.29, 1.82) is 0 Å². The number of rotatable bonds is 4. The molecule has 1 aliphatic heterocycles. The second-order valence-electron chi connectivity index (χ2n) is 7.38. The van der Waals surface area contributed by atoms with Gasteiger partial charge in [0.05, 0.1) is 10.7 Å². The standard InChI is InChI=1S/C23H17ClF5N3O/c24-15-12-14(30-23(33)13-4-2-1-3-5-13)6-7-16(15)31-8-10-32(11-9-31)22-20(28)18(26)17(25)19(27)21(22)29/h1-7,12H,8-11H2,(H,30,33). The van der Waals surface area contributed by atoms with Crippen molar-refractivity contribution in [2.75, 3.05) is 41.3 Å². The number of benzene rings is 3. The number of carbonyl (C=O) groups excluding carboxylic acids is 1. The van der Waals surface area contributed by atoms with Gasteiger partial charge in [0.1, 0.15) is 5.69 Å². The zero-order chi connectivity index (χ0) is 23.7. The molecule has 10 heteroatoms. The first-order chi connectivity index (χ1) is 15.8. The molecule has 1 fully saturated rings. The molecule has 33 heavy (non-hydrogen) atoms. The highest BCUT2D eigenvalue weighted by Gasteiger charge is 2.31. The van der Waals surface area contributed by atoms with Crippen molar-refractivity contribution >= 4 is 34.6 Å². The fourth-order valence-corrected chi connectivity index (χ4v) is 3.98. The molecule has 1 amide bonds. The summed E-state index contributed by atoms with van der Waals surface area (Å²) in [5, 5.41) is 3.09. The van der Waals surface area contributed by atoms with Crippen molar-refractivity contribution in [2.24, 2.45) is 0 Å². The second kappa shape index (κ2) is 9.27. The van der Waals surface area contributed by atoms with Gasteiger partial charge in [0.15, 0.2) is 23.3 Å². The van der Waals surface area contributed by atoms with Crippen LogP contribution in [0.25, 0.3) is 0 Å². The van der Waals surface area contributed by atoms with Gasteiger partial charge in [0.25, 0.3) is 5.91 Å². The molecule has 1 heterocycles. The van der Waals surface area contributed by atoms with Crippen molar-refractivity contribution in [1.82, 2.24) is 0 Å². The predicted molar refractivity (Wildman–Crippen MR) is 117 cm³/mol. The van der Waals surface area contributed by atoms with E-state index in [-0.39, 0.29) is 32.1 Å². The van der Waals surface area contributed by atoms with Crippen LogP contribution in [-0.4, -0.2) is 32.1 Å². The van der Waals surface area contributed by atoms with Gasteiger partial charge in [-0.15, -0.1) is 0 Å². The van der Waals surface area contributed by atoms with Crippen LogP contribution in [0.5, 0.6) is 0 Å². The summed E-state index contributed by atoms with van der Waals surface area (Å²) >= 11 is 6.39. The monoisotopic (exact) mass is 481 g/mol. The summed E-state index contributed by atoms with van der Waals surface area (Å²) in [7, 11) is 0. The van der Waals surface area contributed by atoms with Gasteiger partial charge in [-0.2, -0.15) is 0 Å². The van der Waals surface area contributed by atoms with E-state index in [0.717, 1.165) is 4.90 Å². The van der Waals surface area contributed by atoms with Crippen LogP contribution >= 0.6 is 11.6 Å². The minimum Gasteiger partial charge on any atom is -0.367 e. The Balaban J connectivity index is 1.46. The number of hydrogen-bond donors (Lipinski definition) is 1. The van der Waals surface area contributed by atoms with E-state index in [2.05, 4.69) is 5.32 Å². The molecule has 0 aromatic heterocycles. The molecular formula is C23H17ClF5N3O. The Labute approximate surface area is 191 Å². The number of piperazine rings is 1. The van der Waals surface area contributed by atoms with E-state index in [1.165, 1.54) is 0 Å². The van der Waals surface area contributed by atoms with Gasteiger partial charge in [0.2, 0.25) is 5.82 Å². The second-order valence-corrected chi connectivity index (χ2v) is 7.79. The number of amides is 1. The first kappa shape index (κ1) is 22.8. The molecule has 1 aliphatic rings. The zero-order valence-electron chi connectivity index (χ0n) is 17.0. The predicted octanol–water partition coefficient (Wildman–Crippen LogP) is 5.61. The molecule has 4 nitrogen and oxygen atoms in total. The van der Waals surface area contributed by atoms with Crippen molar-refractivity contribution < 1.29 is 26.7 Å². The molecule has 0 atom stereocenters. The third-order valence-corrected chi connectivity index (χ3v) is 5.67. The first-order valence-corrected chi connectivity index (χ1v) is 10.3. The van der Waals surface area contributed by atoms with Crippen molar-refractivity contribution in [3.05, 3.63) is 88.2 Å². The van der Waals surface area contributed by atoms with Gasteiger partial charge in [-0.25, -0.2) is 22.0 Å². The van der Waals surface area contributed by atoms with Crippen LogP contribution in [0.3, 0.4) is 0 Å². The lowest BCUT2D eigenvalue weighted by molar-refractivity contribution is 0.102. The van der Waals surface area contributed by atoms with Crippen LogP contribution in [0.15, 0.2) is 48.5 Å². The number of carbonyl (C=O) groups is 1. The summed E-state index contributed by atoms with van der Waals surface area (Å²) in [5.41, 5.74) is 0.655. The smallest absolute Gasteiger partial charge is 0.255 e. The third kappa shape index (κ3) is 4.45. The molecule has 3 aromatic carbocycles. The molecule has 0 unspecified atom stereocenters. The van der Waals surface area contributed by atoms with Crippen LogP contribution in [0.1, 0.15) is 10.4 Å². The van der Waals surface area contributed by atoms with Crippen LogP contribution in [-0.2, 0) is 0 Å². The van der Waals surface area contributed by atoms with Crippen LogP contribution in [0, 0.1) is 29.1 Å². The highest BCUT2D eigenvalue weighted by atomic mass is 35.5. The third-order valence-electron chi connectivity index (χ3n) is 5.36. The molecule has 3 aromatic rings. The van der Waals surface area contributed by atoms with Gasteiger partial charge < -0.3 is 15.1 Å². The Morgan fingerprint density at radius 3 is 1.88 bits per heavy atom. The van der Waals surface area contributed by atoms with E-state index in [4.69, 9.17) is 11.6 Å². The molecule has 4 rings (SSSR count). The summed E-state index contributed by atoms with van der Waals surface area (Å²) in [6.07, 6.45) is 0. The summed E-state index contributed by atoms with van der Waals surface area (Å²) in [4.78, 5) is 15.2. The van der Waals surface area contributed by atoms with E-state index in [1.54, 1.807) is 48.5 Å². The Hall–Kier alpha value is -3.33. The van der Waals surface area contributed by atoms with Gasteiger partial charge >= 0.3 is 0 Å². The summed E-state index contributed by atoms with van der Waals surface area (Å²) in [6, 6.07) is 13.6. The van der Waals surface area contributed by atoms with Gasteiger partial charge in [-0.3, -0.25) is 4.79 Å². The largest absolute Gasteiger partial charge is 0.367 e. The van der Waals surface area contributed by atoms with E-state index in [0.29, 0.717) is 22.0 Å². The Morgan fingerprint density at radius 2 is 1.30 bits per heavy atom. The fraction of sp³-hybridized carbons (Fsp3) is 0.174. The average molecular weight is 482 g/mol. The maximum absolute atomic E-state index is 14.1. The molecule has 0 bridgehead atoms. The summed E-state index contributed by atoms with van der Waals surface area (Å²) in [6.45, 7) is 0.492. The Kier molecular flexibility index (Phi) is 6.42. The minimum absolute atomic E-state index is 0.0151. The van der Waals surface area contributed by atoms with E-state index in [1.807, 2.05) is 4.90 Å². The summed E-state index contributed by atoms with van der Waals surface area (Å²) < 4.78 is 68.6. The maximum Gasteiger partial charge on any atom is 0.255 e. The Morgan fingerprint density at radius 1 is 0.758 bits per heavy atom. The minimum atomic E-state index is -2.18. The van der Waals surface area contributed by atoms with Gasteiger partial charge in [-0.05, 0) is 30.3 Å². The lowest BCUT2D eigenvalue weighted by Crippen LogP contribution is -2.47. The number of anilines is 3. The van der Waals surface area contributed by atoms with Crippen LogP contribution in [0.2, 0.25) is 5.02 Å². The van der Waals surface area contributed by atoms with E-state index < -0.39 is 34.8 Å².